The van der Waals surface area contributed by atoms with Crippen LogP contribution in [0.5, 0.6) is 11.5 Å². The quantitative estimate of drug-likeness (QED) is 0.0158. The number of aliphatic hydroxyl groups excluding tert-OH is 8. The van der Waals surface area contributed by atoms with Crippen LogP contribution in [-0.2, 0) is 60.9 Å². The van der Waals surface area contributed by atoms with Gasteiger partial charge in [0.1, 0.15) is 127 Å². The zero-order valence-corrected chi connectivity index (χ0v) is 87.0. The molecule has 147 heavy (non-hydrogen) atoms. The molecule has 43 heteroatoms. The number of carbonyl (C=O) groups excluding carboxylic acids is 7. The second-order valence-corrected chi connectivity index (χ2v) is 41.9. The van der Waals surface area contributed by atoms with Crippen molar-refractivity contribution in [3.63, 3.8) is 0 Å². The second-order valence-electron chi connectivity index (χ2n) is 39.4. The lowest BCUT2D eigenvalue weighted by atomic mass is 9.85. The Morgan fingerprint density at radius 1 is 0.517 bits per heavy atom. The number of anilines is 2. The summed E-state index contributed by atoms with van der Waals surface area (Å²) in [5, 5.41) is 108. The first-order chi connectivity index (χ1) is 70.6. The van der Waals surface area contributed by atoms with Crippen LogP contribution in [0, 0.1) is 24.7 Å². The zero-order valence-electron chi connectivity index (χ0n) is 84.8. The van der Waals surface area contributed by atoms with Crippen molar-refractivity contribution in [2.24, 2.45) is 16.6 Å². The van der Waals surface area contributed by atoms with Gasteiger partial charge < -0.3 is 122 Å². The molecule has 4 fully saturated rings. The normalized spacial score (nSPS) is 20.6. The van der Waals surface area contributed by atoms with E-state index in [0.717, 1.165) is 127 Å². The van der Waals surface area contributed by atoms with Crippen molar-refractivity contribution in [2.45, 2.75) is 295 Å². The number of hydrogen-bond donors (Lipinski definition) is 16. The smallest absolute Gasteiger partial charge is 0.341 e. The number of hydrogen-bond acceptors (Lipinski definition) is 31. The molecular weight excluding hydrogens is 1980 g/mol. The number of aromatic nitrogens is 8. The number of ketones is 1. The average Bonchev–Trinajstić information content (AvgIpc) is 1.61. The number of aryl methyl sites for hydroxylation is 2. The molecule has 16 atom stereocenters. The van der Waals surface area contributed by atoms with Crippen LogP contribution in [-0.4, -0.2) is 255 Å². The number of alkyl halides is 1. The standard InChI is InChI=1S/C52H67ClN8O10S.C32H49N5O4S.C19H19ClN4O7.CH3F/c1-30-45(72-29-58-30)32-17-15-31(16-18-32)25-55-49(68)38-24-35(63)26-61(38)50(69)46(52(2,3)4)59-40(64)14-12-10-8-6-5-7-9-11-13-34(62)27-70-39-23-33(19-20-37(39)53)41(65)44-42(66)43(67)51(71-44)60-22-21-36-47(54)56-28-57-48(36)60;1-22-28(42-21-35-22)24-15-13-23(14-16-24)19-34-30(40)26-18-25(38)20-37(26)31(41)29(32(2,3)4)36-27(39)12-10-8-6-5-7-9-11-17-33;20-10-2-1-8(5-11(10)30-6-12(25)26)13(27)16-14(28)15(29)19(31-16)24-4-3-9-17(21)22-7-23-18(9)24;1-2/h15-23,28-29,35,38,41-44,46,51,63,65-67H,5-14,24-27H2,1-4H3,(H,55,68)(H,59,64)(H2,54,56,57);13-16,21,25-26,29,38H,5-12,17-20,33H2,1-4H3,(H,34,40)(H,36,39);1-5,7,13-16,19,27-29H,6H2,(H,25,26)(H2,21,22,23);1H3/t35-,38+,41-,42+,43-,44-,46-,51-;25-,26+,29-;13-,14+,15-,16-,19-;/m111./s1/i;;;1D. The van der Waals surface area contributed by atoms with Crippen LogP contribution < -0.4 is 47.9 Å². The van der Waals surface area contributed by atoms with E-state index >= 15 is 0 Å². The van der Waals surface area contributed by atoms with Crippen molar-refractivity contribution < 1.29 is 109 Å². The lowest BCUT2D eigenvalue weighted by molar-refractivity contribution is -0.144. The van der Waals surface area contributed by atoms with Gasteiger partial charge in [-0.2, -0.15) is 0 Å². The molecule has 0 saturated carbocycles. The largest absolute Gasteiger partial charge is 0.484 e. The van der Waals surface area contributed by atoms with Gasteiger partial charge in [0.15, 0.2) is 24.8 Å². The van der Waals surface area contributed by atoms with E-state index in [4.69, 9.17) is 65.8 Å². The molecule has 19 N–H and O–H groups in total. The molecule has 0 bridgehead atoms. The van der Waals surface area contributed by atoms with Gasteiger partial charge in [0.05, 0.1) is 73.7 Å². The summed E-state index contributed by atoms with van der Waals surface area (Å²) >= 11 is 15.6. The molecule has 6 aromatic heterocycles. The summed E-state index contributed by atoms with van der Waals surface area (Å²) in [4.78, 5) is 134. The van der Waals surface area contributed by atoms with Gasteiger partial charge in [0, 0.05) is 70.7 Å². The summed E-state index contributed by atoms with van der Waals surface area (Å²) in [6, 6.07) is 24.6. The highest BCUT2D eigenvalue weighted by Crippen LogP contribution is 2.43. The number of aliphatic hydroxyl groups is 8. The number of thiazole rings is 2. The van der Waals surface area contributed by atoms with Gasteiger partial charge >= 0.3 is 5.97 Å². The Morgan fingerprint density at radius 2 is 0.884 bits per heavy atom. The van der Waals surface area contributed by atoms with Crippen LogP contribution in [0.2, 0.25) is 10.0 Å². The van der Waals surface area contributed by atoms with E-state index in [1.54, 1.807) is 53.3 Å². The summed E-state index contributed by atoms with van der Waals surface area (Å²) in [6.07, 6.45) is 6.66. The number of nitrogens with one attached hydrogen (secondary N) is 4. The van der Waals surface area contributed by atoms with Gasteiger partial charge in [0.2, 0.25) is 35.4 Å². The van der Waals surface area contributed by atoms with E-state index in [0.29, 0.717) is 59.9 Å². The molecule has 798 valence electrons. The molecule has 38 nitrogen and oxygen atoms in total. The fourth-order valence-corrected chi connectivity index (χ4v) is 20.1. The number of ether oxygens (including phenoxy) is 4. The third-order valence-corrected chi connectivity index (χ3v) is 28.9. The van der Waals surface area contributed by atoms with E-state index in [-0.39, 0.29) is 120 Å². The molecule has 6 amide bonds. The highest BCUT2D eigenvalue weighted by Gasteiger charge is 2.51. The maximum Gasteiger partial charge on any atom is 0.341 e. The number of carbonyl (C=O) groups is 8. The van der Waals surface area contributed by atoms with Gasteiger partial charge in [0.25, 0.3) is 0 Å². The van der Waals surface area contributed by atoms with Gasteiger partial charge in [-0.3, -0.25) is 38.0 Å². The van der Waals surface area contributed by atoms with Crippen LogP contribution in [0.15, 0.2) is 133 Å². The number of carboxylic acid groups (broad SMARTS) is 1. The third kappa shape index (κ3) is 31.2. The Kier molecular flexibility index (Phi) is 42.5. The number of likely N-dealkylation sites (tertiary alicyclic amines) is 2. The molecule has 0 unspecified atom stereocenters. The average molecular weight is 2120 g/mol. The fourth-order valence-electron chi connectivity index (χ4n) is 18.1. The Morgan fingerprint density at radius 3 is 1.24 bits per heavy atom. The van der Waals surface area contributed by atoms with Gasteiger partial charge in [-0.1, -0.05) is 196 Å². The van der Waals surface area contributed by atoms with Crippen LogP contribution in [0.1, 0.15) is 230 Å². The molecule has 4 aliphatic heterocycles. The molecule has 4 aromatic carbocycles. The topological polar surface area (TPSA) is 575 Å². The summed E-state index contributed by atoms with van der Waals surface area (Å²) < 4.78 is 41.2. The molecule has 4 saturated heterocycles. The maximum absolute atomic E-state index is 14.0. The predicted molar refractivity (Wildman–Crippen MR) is 555 cm³/mol. The van der Waals surface area contributed by atoms with Crippen molar-refractivity contribution in [1.29, 1.82) is 0 Å². The Labute approximate surface area is 872 Å². The summed E-state index contributed by atoms with van der Waals surface area (Å²) in [6.45, 7) is 15.8. The van der Waals surface area contributed by atoms with Gasteiger partial charge in [-0.05, 0) is 127 Å². The number of nitrogens with zero attached hydrogens (tertiary/aromatic N) is 10. The first kappa shape index (κ1) is 114. The summed E-state index contributed by atoms with van der Waals surface area (Å²) in [7, 11) is -1.00. The number of benzene rings is 4. The molecule has 4 aliphatic rings. The van der Waals surface area contributed by atoms with Crippen LogP contribution in [0.4, 0.5) is 16.0 Å². The van der Waals surface area contributed by atoms with Crippen molar-refractivity contribution in [1.82, 2.24) is 70.1 Å². The minimum Gasteiger partial charge on any atom is -0.484 e. The number of carboxylic acids is 1. The fraction of sp³-hybridized carbons (Fsp3) is 0.519. The van der Waals surface area contributed by atoms with Crippen molar-refractivity contribution in [3.05, 3.63) is 177 Å². The van der Waals surface area contributed by atoms with E-state index in [2.05, 4.69) is 51.2 Å². The molecule has 0 radical (unpaired) electrons. The van der Waals surface area contributed by atoms with Crippen LogP contribution >= 0.6 is 45.9 Å². The lowest BCUT2D eigenvalue weighted by Gasteiger charge is -2.35. The summed E-state index contributed by atoms with van der Waals surface area (Å²) in [5.74, 6) is -2.35. The van der Waals surface area contributed by atoms with Crippen molar-refractivity contribution in [2.75, 3.05) is 51.5 Å². The van der Waals surface area contributed by atoms with E-state index in [1.165, 1.54) is 68.3 Å². The first-order valence-corrected chi connectivity index (χ1v) is 51.9. The van der Waals surface area contributed by atoms with E-state index < -0.39 is 134 Å². The first-order valence-electron chi connectivity index (χ1n) is 50.1. The second kappa shape index (κ2) is 54.7. The molecule has 10 aromatic rings. The molecule has 14 rings (SSSR count). The number of Topliss-reactive ketones (excluding diaryl/α,β-unsaturated/α-hetero) is 1. The van der Waals surface area contributed by atoms with Crippen molar-refractivity contribution >= 4 is 127 Å². The van der Waals surface area contributed by atoms with E-state index in [1.807, 2.05) is 115 Å². The molecule has 0 aliphatic carbocycles. The monoisotopic (exact) mass is 2110 g/mol. The van der Waals surface area contributed by atoms with Crippen molar-refractivity contribution in [3.8, 4) is 32.4 Å². The predicted octanol–water partition coefficient (Wildman–Crippen LogP) is 11.5. The molecular formula is C104H138Cl2FN17O21S2. The number of unbranched alkanes of at least 4 members (excludes halogenated alkanes) is 13. The molecule has 0 spiro atoms. The number of halogens is 3. The molecule has 10 heterocycles. The Balaban J connectivity index is 0.000000230. The van der Waals surface area contributed by atoms with Gasteiger partial charge in [-0.15, -0.1) is 22.7 Å². The number of aliphatic carboxylic acids is 1. The van der Waals surface area contributed by atoms with E-state index in [9.17, 15) is 83.6 Å². The highest BCUT2D eigenvalue weighted by molar-refractivity contribution is 7.13. The summed E-state index contributed by atoms with van der Waals surface area (Å²) in [5.41, 5.74) is 27.0. The van der Waals surface area contributed by atoms with Crippen LogP contribution in [0.3, 0.4) is 0 Å². The lowest BCUT2D eigenvalue weighted by Crippen LogP contribution is -2.57. The minimum absolute atomic E-state index is 0.00746. The highest BCUT2D eigenvalue weighted by atomic mass is 35.5. The number of rotatable bonds is 44. The minimum atomic E-state index is -1.45. The number of β-amino-alcohol motifs (C(OH)–C–C–N with tert-alkyl or cyclic N) is 2. The number of nitrogen functional groups attached to an aromatic ring is 2. The number of fused-ring (bicyclic) bond motifs is 2. The maximum atomic E-state index is 14.0. The Bertz CT molecular complexity index is 6060. The number of nitrogens with two attached hydrogens (primary N) is 3. The Hall–Kier alpha value is -11.4. The SMILES string of the molecule is Cc1ncsc1-c1ccc(CNC(=O)[C@@H]2C[C@@H](O)CN2C(=O)[C@@H](NC(=O)CCCCCCCCCCC(=O)COc2cc([C@@H](O)[C@H]3O[C@@H](n4ccc5c(N)ncnc54)[C@H](O)[C@@H]3O)ccc2Cl)C(C)(C)C)cc1.Cc1ncsc1-c1ccc(CNC(=O)[C@@H]2C[C@@H](O)CN2C(=O)[C@@H](NC(=O)CCCCCCCCCN)C(C)(C)C)cc1.Nc1ncnc2c1ccn2[C@@H]1O[C@H]([C@H](O)c2ccc(Cl)c(OCC(=O)O)c2)[C@@H](O)[C@H]1O.[2H]CF. The van der Waals surface area contributed by atoms with Gasteiger partial charge in [-0.25, -0.2) is 34.7 Å². The van der Waals surface area contributed by atoms with Crippen LogP contribution in [0.25, 0.3) is 42.9 Å². The number of amides is 6. The third-order valence-electron chi connectivity index (χ3n) is 26.3. The zero-order chi connectivity index (χ0) is 107.